The summed E-state index contributed by atoms with van der Waals surface area (Å²) >= 11 is 1.51. The third kappa shape index (κ3) is 2.62. The average molecular weight is 298 g/mol. The summed E-state index contributed by atoms with van der Waals surface area (Å²) in [6.45, 7) is 1.43. The van der Waals surface area contributed by atoms with E-state index in [1.165, 1.54) is 11.3 Å². The number of hydrogen-bond donors (Lipinski definition) is 0. The average Bonchev–Trinajstić information content (AvgIpc) is 2.96. The molecule has 1 aromatic heterocycles. The minimum Gasteiger partial charge on any atom is -0.488 e. The molecule has 6 heteroatoms. The first-order valence-electron chi connectivity index (χ1n) is 6.25. The highest BCUT2D eigenvalue weighted by molar-refractivity contribution is 7.10. The maximum absolute atomic E-state index is 8.99. The number of hydrogen-bond acceptors (Lipinski definition) is 6. The van der Waals surface area contributed by atoms with E-state index in [1.807, 2.05) is 17.5 Å². The number of thiophene rings is 1. The zero-order valence-corrected chi connectivity index (χ0v) is 11.8. The third-order valence-corrected chi connectivity index (χ3v) is 3.89. The highest BCUT2D eigenvalue weighted by Gasteiger charge is 2.18. The molecule has 0 fully saturated rings. The van der Waals surface area contributed by atoms with E-state index < -0.39 is 0 Å². The van der Waals surface area contributed by atoms with Crippen LogP contribution in [-0.2, 0) is 6.61 Å². The standard InChI is InChI=1S/C15H10N2O3S/c16-6-10-1-2-12(5-11(10)7-17)20-8-14-15-13(9-21-14)18-3-4-19-15/h1-2,5,9H,3-4,8H2. The molecule has 0 saturated carbocycles. The van der Waals surface area contributed by atoms with Crippen molar-refractivity contribution in [3.05, 3.63) is 39.6 Å². The van der Waals surface area contributed by atoms with Crippen molar-refractivity contribution in [2.24, 2.45) is 0 Å². The van der Waals surface area contributed by atoms with Gasteiger partial charge in [-0.05, 0) is 18.2 Å². The first kappa shape index (κ1) is 13.3. The second-order valence-corrected chi connectivity index (χ2v) is 5.23. The van der Waals surface area contributed by atoms with Crippen LogP contribution in [0.3, 0.4) is 0 Å². The van der Waals surface area contributed by atoms with Crippen LogP contribution in [0.2, 0.25) is 0 Å². The van der Waals surface area contributed by atoms with E-state index >= 15 is 0 Å². The Morgan fingerprint density at radius 3 is 2.76 bits per heavy atom. The lowest BCUT2D eigenvalue weighted by molar-refractivity contribution is 0.169. The summed E-state index contributed by atoms with van der Waals surface area (Å²) in [4.78, 5) is 0.938. The number of rotatable bonds is 3. The van der Waals surface area contributed by atoms with Crippen LogP contribution in [0.5, 0.6) is 17.2 Å². The van der Waals surface area contributed by atoms with Crippen molar-refractivity contribution in [3.8, 4) is 29.4 Å². The van der Waals surface area contributed by atoms with Crippen molar-refractivity contribution in [2.75, 3.05) is 13.2 Å². The lowest BCUT2D eigenvalue weighted by atomic mass is 10.1. The van der Waals surface area contributed by atoms with Crippen LogP contribution in [0.1, 0.15) is 16.0 Å². The van der Waals surface area contributed by atoms with Gasteiger partial charge in [-0.2, -0.15) is 10.5 Å². The summed E-state index contributed by atoms with van der Waals surface area (Å²) in [6, 6.07) is 8.78. The van der Waals surface area contributed by atoms with Crippen LogP contribution in [0.15, 0.2) is 23.6 Å². The van der Waals surface area contributed by atoms with Gasteiger partial charge in [0.2, 0.25) is 0 Å². The van der Waals surface area contributed by atoms with Crippen LogP contribution >= 0.6 is 11.3 Å². The van der Waals surface area contributed by atoms with Crippen LogP contribution < -0.4 is 14.2 Å². The lowest BCUT2D eigenvalue weighted by Gasteiger charge is -2.16. The van der Waals surface area contributed by atoms with Crippen molar-refractivity contribution in [1.29, 1.82) is 10.5 Å². The smallest absolute Gasteiger partial charge is 0.178 e. The summed E-state index contributed by atoms with van der Waals surface area (Å²) in [5.74, 6) is 2.03. The Morgan fingerprint density at radius 1 is 1.14 bits per heavy atom. The third-order valence-electron chi connectivity index (χ3n) is 2.97. The largest absolute Gasteiger partial charge is 0.488 e. The Balaban J connectivity index is 1.75. The van der Waals surface area contributed by atoms with Crippen molar-refractivity contribution in [1.82, 2.24) is 0 Å². The van der Waals surface area contributed by atoms with E-state index in [2.05, 4.69) is 0 Å². The minimum atomic E-state index is 0.308. The predicted molar refractivity (Wildman–Crippen MR) is 75.5 cm³/mol. The summed E-state index contributed by atoms with van der Waals surface area (Å²) < 4.78 is 16.7. The minimum absolute atomic E-state index is 0.308. The molecule has 0 unspecified atom stereocenters. The Labute approximate surface area is 125 Å². The molecule has 3 rings (SSSR count). The maximum atomic E-state index is 8.99. The number of fused-ring (bicyclic) bond motifs is 1. The molecule has 0 atom stereocenters. The maximum Gasteiger partial charge on any atom is 0.178 e. The SMILES string of the molecule is N#Cc1ccc(OCc2scc3c2OCCO3)cc1C#N. The van der Waals surface area contributed by atoms with Gasteiger partial charge in [-0.3, -0.25) is 0 Å². The molecular weight excluding hydrogens is 288 g/mol. The fourth-order valence-electron chi connectivity index (χ4n) is 1.97. The zero-order valence-electron chi connectivity index (χ0n) is 11.0. The quantitative estimate of drug-likeness (QED) is 0.871. The van der Waals surface area contributed by atoms with Gasteiger partial charge in [0.15, 0.2) is 11.5 Å². The van der Waals surface area contributed by atoms with Gasteiger partial charge in [-0.15, -0.1) is 11.3 Å². The topological polar surface area (TPSA) is 75.3 Å². The molecule has 0 amide bonds. The van der Waals surface area contributed by atoms with E-state index in [0.29, 0.717) is 36.7 Å². The summed E-state index contributed by atoms with van der Waals surface area (Å²) in [7, 11) is 0. The Bertz CT molecular complexity index is 755. The van der Waals surface area contributed by atoms with Gasteiger partial charge in [0.05, 0.1) is 16.0 Å². The molecule has 21 heavy (non-hydrogen) atoms. The monoisotopic (exact) mass is 298 g/mol. The van der Waals surface area contributed by atoms with Gasteiger partial charge in [-0.1, -0.05) is 0 Å². The highest BCUT2D eigenvalue weighted by Crippen LogP contribution is 2.39. The molecule has 2 aromatic rings. The first-order valence-corrected chi connectivity index (χ1v) is 7.13. The molecule has 0 bridgehead atoms. The van der Waals surface area contributed by atoms with Crippen molar-refractivity contribution >= 4 is 11.3 Å². The zero-order chi connectivity index (χ0) is 14.7. The van der Waals surface area contributed by atoms with Crippen LogP contribution in [0.25, 0.3) is 0 Å². The number of nitrogens with zero attached hydrogens (tertiary/aromatic N) is 2. The van der Waals surface area contributed by atoms with Crippen molar-refractivity contribution < 1.29 is 14.2 Å². The highest BCUT2D eigenvalue weighted by atomic mass is 32.1. The summed E-state index contributed by atoms with van der Waals surface area (Å²) in [6.07, 6.45) is 0. The van der Waals surface area contributed by atoms with Gasteiger partial charge in [-0.25, -0.2) is 0 Å². The molecule has 0 saturated heterocycles. The molecule has 104 valence electrons. The van der Waals surface area contributed by atoms with E-state index in [4.69, 9.17) is 24.7 Å². The number of nitriles is 2. The second-order valence-electron chi connectivity index (χ2n) is 4.27. The second kappa shape index (κ2) is 5.74. The Hall–Kier alpha value is -2.70. The van der Waals surface area contributed by atoms with Crippen LogP contribution in [0, 0.1) is 22.7 Å². The number of benzene rings is 1. The molecule has 2 heterocycles. The van der Waals surface area contributed by atoms with Gasteiger partial charge in [0.1, 0.15) is 37.7 Å². The molecule has 1 aliphatic heterocycles. The van der Waals surface area contributed by atoms with Crippen LogP contribution in [0.4, 0.5) is 0 Å². The van der Waals surface area contributed by atoms with E-state index in [-0.39, 0.29) is 0 Å². The van der Waals surface area contributed by atoms with Gasteiger partial charge >= 0.3 is 0 Å². The predicted octanol–water partition coefficient (Wildman–Crippen LogP) is 2.84. The van der Waals surface area contributed by atoms with Crippen LogP contribution in [-0.4, -0.2) is 13.2 Å². The fraction of sp³-hybridized carbons (Fsp3) is 0.200. The Morgan fingerprint density at radius 2 is 1.95 bits per heavy atom. The van der Waals surface area contributed by atoms with Crippen molar-refractivity contribution in [2.45, 2.75) is 6.61 Å². The van der Waals surface area contributed by atoms with E-state index in [0.717, 1.165) is 16.4 Å². The number of ether oxygens (including phenoxy) is 3. The fourth-order valence-corrected chi connectivity index (χ4v) is 2.79. The molecule has 0 aliphatic carbocycles. The molecule has 1 aliphatic rings. The molecule has 5 nitrogen and oxygen atoms in total. The van der Waals surface area contributed by atoms with E-state index in [1.54, 1.807) is 18.2 Å². The molecule has 1 aromatic carbocycles. The van der Waals surface area contributed by atoms with Crippen molar-refractivity contribution in [3.63, 3.8) is 0 Å². The van der Waals surface area contributed by atoms with Gasteiger partial charge < -0.3 is 14.2 Å². The molecule has 0 radical (unpaired) electrons. The summed E-state index contributed by atoms with van der Waals surface area (Å²) in [5.41, 5.74) is 0.651. The lowest BCUT2D eigenvalue weighted by Crippen LogP contribution is -2.15. The van der Waals surface area contributed by atoms with E-state index in [9.17, 15) is 0 Å². The Kier molecular flexibility index (Phi) is 3.63. The molecule has 0 N–H and O–H groups in total. The molecular formula is C15H10N2O3S. The van der Waals surface area contributed by atoms with Gasteiger partial charge in [0, 0.05) is 5.38 Å². The molecule has 0 spiro atoms. The first-order chi connectivity index (χ1) is 10.3. The van der Waals surface area contributed by atoms with Gasteiger partial charge in [0.25, 0.3) is 0 Å². The summed E-state index contributed by atoms with van der Waals surface area (Å²) in [5, 5.41) is 19.8. The normalized spacial score (nSPS) is 12.3.